The number of esters is 1. The molecule has 214 valence electrons. The Morgan fingerprint density at radius 3 is 2.77 bits per heavy atom. The number of unbranched alkanes of at least 4 members (excludes halogenated alkanes) is 1. The lowest BCUT2D eigenvalue weighted by Gasteiger charge is -2.23. The number of amides is 1. The quantitative estimate of drug-likeness (QED) is 0.175. The van der Waals surface area contributed by atoms with Crippen molar-refractivity contribution in [1.29, 1.82) is 0 Å². The van der Waals surface area contributed by atoms with Gasteiger partial charge in [-0.15, -0.1) is 0 Å². The van der Waals surface area contributed by atoms with Crippen molar-refractivity contribution in [3.63, 3.8) is 0 Å². The molecule has 4 rings (SSSR count). The lowest BCUT2D eigenvalue weighted by molar-refractivity contribution is -0.143. The molecule has 1 fully saturated rings. The van der Waals surface area contributed by atoms with E-state index in [0.29, 0.717) is 30.2 Å². The summed E-state index contributed by atoms with van der Waals surface area (Å²) in [4.78, 5) is 33.4. The highest BCUT2D eigenvalue weighted by atomic mass is 79.9. The molecule has 9 heteroatoms. The molecular formula is C31H37BrClN3O4. The van der Waals surface area contributed by atoms with E-state index < -0.39 is 0 Å². The number of carbonyl (C=O) groups excluding carboxylic acids is 2. The van der Waals surface area contributed by atoms with Crippen LogP contribution in [0.15, 0.2) is 46.9 Å². The molecule has 1 saturated heterocycles. The van der Waals surface area contributed by atoms with Gasteiger partial charge in [0, 0.05) is 59.5 Å². The SMILES string of the molecule is CCCCOC(=O)CCC(CNC(=O)c1c(C)c(N2CCC(OC)C2)nc2ccc(Br)cc12)c1ccccc1Cl. The fourth-order valence-electron chi connectivity index (χ4n) is 5.20. The van der Waals surface area contributed by atoms with Crippen molar-refractivity contribution >= 4 is 56.1 Å². The minimum Gasteiger partial charge on any atom is -0.466 e. The number of halogens is 2. The van der Waals surface area contributed by atoms with Crippen LogP contribution in [0.3, 0.4) is 0 Å². The van der Waals surface area contributed by atoms with Crippen LogP contribution in [0.5, 0.6) is 0 Å². The third-order valence-corrected chi connectivity index (χ3v) is 8.32. The second-order valence-electron chi connectivity index (χ2n) is 10.2. The maximum atomic E-state index is 13.9. The standard InChI is InChI=1S/C31H37BrClN3O4/c1-4-5-16-40-28(37)13-10-21(24-8-6-7-9-26(24)33)18-34-31(38)29-20(2)30(36-15-14-23(19-36)39-3)35-27-12-11-22(32)17-25(27)29/h6-9,11-12,17,21,23H,4-5,10,13-16,18-19H2,1-3H3,(H,34,38). The number of fused-ring (bicyclic) bond motifs is 1. The number of methoxy groups -OCH3 is 1. The third-order valence-electron chi connectivity index (χ3n) is 7.48. The van der Waals surface area contributed by atoms with Crippen LogP contribution < -0.4 is 10.2 Å². The zero-order chi connectivity index (χ0) is 28.6. The fraction of sp³-hybridized carbons (Fsp3) is 0.452. The molecule has 0 aliphatic carbocycles. The summed E-state index contributed by atoms with van der Waals surface area (Å²) in [5, 5.41) is 4.55. The molecule has 1 N–H and O–H groups in total. The summed E-state index contributed by atoms with van der Waals surface area (Å²) in [6.07, 6.45) is 3.62. The molecule has 1 aromatic heterocycles. The Balaban J connectivity index is 1.59. The molecule has 2 aromatic carbocycles. The Hall–Kier alpha value is -2.68. The van der Waals surface area contributed by atoms with Crippen LogP contribution in [0.2, 0.25) is 5.02 Å². The van der Waals surface area contributed by atoms with Crippen molar-refractivity contribution < 1.29 is 19.1 Å². The molecule has 2 unspecified atom stereocenters. The number of hydrogen-bond donors (Lipinski definition) is 1. The van der Waals surface area contributed by atoms with Gasteiger partial charge in [-0.3, -0.25) is 9.59 Å². The Kier molecular flexibility index (Phi) is 10.8. The van der Waals surface area contributed by atoms with Crippen molar-refractivity contribution in [3.05, 3.63) is 68.7 Å². The van der Waals surface area contributed by atoms with E-state index in [0.717, 1.165) is 64.7 Å². The number of benzene rings is 2. The lowest BCUT2D eigenvalue weighted by atomic mass is 9.93. The molecule has 0 saturated carbocycles. The van der Waals surface area contributed by atoms with Crippen LogP contribution in [-0.4, -0.2) is 56.3 Å². The number of pyridine rings is 1. The van der Waals surface area contributed by atoms with E-state index in [1.54, 1.807) is 7.11 Å². The van der Waals surface area contributed by atoms with Crippen LogP contribution in [0, 0.1) is 6.92 Å². The van der Waals surface area contributed by atoms with E-state index in [-0.39, 0.29) is 30.3 Å². The van der Waals surface area contributed by atoms with Gasteiger partial charge < -0.3 is 19.7 Å². The summed E-state index contributed by atoms with van der Waals surface area (Å²) in [6.45, 7) is 6.31. The number of aromatic nitrogens is 1. The highest BCUT2D eigenvalue weighted by Gasteiger charge is 2.28. The molecular weight excluding hydrogens is 594 g/mol. The molecule has 3 aromatic rings. The molecule has 1 aliphatic heterocycles. The number of ether oxygens (including phenoxy) is 2. The maximum Gasteiger partial charge on any atom is 0.305 e. The first-order chi connectivity index (χ1) is 19.3. The monoisotopic (exact) mass is 629 g/mol. The minimum absolute atomic E-state index is 0.143. The first-order valence-electron chi connectivity index (χ1n) is 13.9. The van der Waals surface area contributed by atoms with Gasteiger partial charge in [-0.2, -0.15) is 0 Å². The van der Waals surface area contributed by atoms with Crippen LogP contribution >= 0.6 is 27.5 Å². The van der Waals surface area contributed by atoms with Gasteiger partial charge in [0.1, 0.15) is 5.82 Å². The molecule has 2 atom stereocenters. The van der Waals surface area contributed by atoms with Crippen molar-refractivity contribution in [3.8, 4) is 0 Å². The summed E-state index contributed by atoms with van der Waals surface area (Å²) in [5.74, 6) is 0.227. The molecule has 2 heterocycles. The summed E-state index contributed by atoms with van der Waals surface area (Å²) in [6, 6.07) is 13.4. The smallest absolute Gasteiger partial charge is 0.305 e. The van der Waals surface area contributed by atoms with E-state index in [2.05, 4.69) is 33.1 Å². The average molecular weight is 631 g/mol. The molecule has 1 amide bonds. The van der Waals surface area contributed by atoms with E-state index in [9.17, 15) is 9.59 Å². The second kappa shape index (κ2) is 14.3. The van der Waals surface area contributed by atoms with Gasteiger partial charge in [0.05, 0.1) is 23.8 Å². The number of rotatable bonds is 12. The summed E-state index contributed by atoms with van der Waals surface area (Å²) in [7, 11) is 1.73. The van der Waals surface area contributed by atoms with Gasteiger partial charge in [-0.1, -0.05) is 59.1 Å². The van der Waals surface area contributed by atoms with Crippen molar-refractivity contribution in [2.24, 2.45) is 0 Å². The predicted octanol–water partition coefficient (Wildman–Crippen LogP) is 6.82. The largest absolute Gasteiger partial charge is 0.466 e. The Morgan fingerprint density at radius 1 is 1.25 bits per heavy atom. The van der Waals surface area contributed by atoms with Gasteiger partial charge >= 0.3 is 5.97 Å². The van der Waals surface area contributed by atoms with Crippen LogP contribution in [-0.2, 0) is 14.3 Å². The van der Waals surface area contributed by atoms with Gasteiger partial charge in [0.25, 0.3) is 5.91 Å². The number of carbonyl (C=O) groups is 2. The van der Waals surface area contributed by atoms with Crippen molar-refractivity contribution in [2.75, 3.05) is 38.3 Å². The predicted molar refractivity (Wildman–Crippen MR) is 163 cm³/mol. The fourth-order valence-corrected chi connectivity index (χ4v) is 5.85. The average Bonchev–Trinajstić information content (AvgIpc) is 3.42. The summed E-state index contributed by atoms with van der Waals surface area (Å²) < 4.78 is 11.8. The van der Waals surface area contributed by atoms with E-state index >= 15 is 0 Å². The number of nitrogens with zero attached hydrogens (tertiary/aromatic N) is 2. The van der Waals surface area contributed by atoms with Gasteiger partial charge in [-0.05, 0) is 56.0 Å². The number of hydrogen-bond acceptors (Lipinski definition) is 6. The molecule has 40 heavy (non-hydrogen) atoms. The van der Waals surface area contributed by atoms with E-state index in [4.69, 9.17) is 26.1 Å². The topological polar surface area (TPSA) is 80.8 Å². The highest BCUT2D eigenvalue weighted by molar-refractivity contribution is 9.10. The lowest BCUT2D eigenvalue weighted by Crippen LogP contribution is -2.31. The Bertz CT molecular complexity index is 1350. The highest BCUT2D eigenvalue weighted by Crippen LogP contribution is 2.33. The summed E-state index contributed by atoms with van der Waals surface area (Å²) >= 11 is 10.1. The minimum atomic E-state index is -0.234. The third kappa shape index (κ3) is 7.33. The zero-order valence-electron chi connectivity index (χ0n) is 23.3. The maximum absolute atomic E-state index is 13.9. The van der Waals surface area contributed by atoms with Crippen molar-refractivity contribution in [2.45, 2.75) is 58.0 Å². The first-order valence-corrected chi connectivity index (χ1v) is 15.0. The molecule has 1 aliphatic rings. The normalized spacial score (nSPS) is 15.8. The zero-order valence-corrected chi connectivity index (χ0v) is 25.7. The number of nitrogens with one attached hydrogen (secondary N) is 1. The van der Waals surface area contributed by atoms with Gasteiger partial charge in [-0.25, -0.2) is 4.98 Å². The number of anilines is 1. The van der Waals surface area contributed by atoms with Crippen LogP contribution in [0.1, 0.15) is 66.4 Å². The van der Waals surface area contributed by atoms with E-state index in [1.165, 1.54) is 0 Å². The van der Waals surface area contributed by atoms with E-state index in [1.807, 2.05) is 49.4 Å². The molecule has 0 radical (unpaired) electrons. The van der Waals surface area contributed by atoms with Gasteiger partial charge in [0.2, 0.25) is 0 Å². The van der Waals surface area contributed by atoms with Crippen molar-refractivity contribution in [1.82, 2.24) is 10.3 Å². The Labute approximate surface area is 249 Å². The van der Waals surface area contributed by atoms with Gasteiger partial charge in [0.15, 0.2) is 0 Å². The van der Waals surface area contributed by atoms with Crippen LogP contribution in [0.25, 0.3) is 10.9 Å². The molecule has 0 spiro atoms. The first kappa shape index (κ1) is 30.3. The summed E-state index contributed by atoms with van der Waals surface area (Å²) in [5.41, 5.74) is 3.08. The molecule has 7 nitrogen and oxygen atoms in total. The Morgan fingerprint density at radius 2 is 2.05 bits per heavy atom. The molecule has 0 bridgehead atoms. The van der Waals surface area contributed by atoms with Crippen LogP contribution in [0.4, 0.5) is 5.82 Å². The second-order valence-corrected chi connectivity index (χ2v) is 11.6.